The lowest BCUT2D eigenvalue weighted by molar-refractivity contribution is -0.0883. The average Bonchev–Trinajstić information content (AvgIpc) is 2.38. The minimum atomic E-state index is -4.28. The van der Waals surface area contributed by atoms with E-state index in [0.717, 1.165) is 11.6 Å². The first-order valence-corrected chi connectivity index (χ1v) is 4.95. The maximum Gasteiger partial charge on any atom is 0.416 e. The lowest BCUT2D eigenvalue weighted by Gasteiger charge is -2.26. The number of hydrogen-bond donors (Lipinski definition) is 0. The molecule has 1 heterocycles. The van der Waals surface area contributed by atoms with Gasteiger partial charge in [-0.15, -0.1) is 0 Å². The van der Waals surface area contributed by atoms with Crippen LogP contribution >= 0.6 is 0 Å². The van der Waals surface area contributed by atoms with Gasteiger partial charge in [0.2, 0.25) is 0 Å². The molecule has 1 aliphatic heterocycles. The van der Waals surface area contributed by atoms with Crippen molar-refractivity contribution in [2.45, 2.75) is 12.6 Å². The van der Waals surface area contributed by atoms with Crippen molar-refractivity contribution in [2.75, 3.05) is 20.3 Å². The number of hydrogen-bond acceptors (Lipinski definition) is 2. The van der Waals surface area contributed by atoms with Gasteiger partial charge in [0.05, 0.1) is 5.57 Å². The quantitative estimate of drug-likeness (QED) is 0.635. The number of rotatable bonds is 0. The molecule has 0 unspecified atom stereocenters. The Morgan fingerprint density at radius 2 is 2.06 bits per heavy atom. The summed E-state index contributed by atoms with van der Waals surface area (Å²) in [6, 6.07) is 0. The summed E-state index contributed by atoms with van der Waals surface area (Å²) in [6.07, 6.45) is -0.289. The maximum atomic E-state index is 12.5. The Morgan fingerprint density at radius 3 is 2.75 bits per heavy atom. The van der Waals surface area contributed by atoms with E-state index in [1.807, 2.05) is 11.9 Å². The number of alkyl halides is 3. The van der Waals surface area contributed by atoms with E-state index in [1.54, 1.807) is 0 Å². The van der Waals surface area contributed by atoms with Crippen LogP contribution in [0.4, 0.5) is 13.2 Å². The third-order valence-electron chi connectivity index (χ3n) is 2.56. The van der Waals surface area contributed by atoms with Crippen LogP contribution in [0.3, 0.4) is 0 Å². The Hall–Kier alpha value is -1.23. The normalized spacial score (nSPS) is 22.4. The van der Waals surface area contributed by atoms with Gasteiger partial charge in [-0.3, -0.25) is 4.90 Å². The highest BCUT2D eigenvalue weighted by Gasteiger charge is 2.32. The Labute approximate surface area is 91.7 Å². The molecule has 0 saturated heterocycles. The minimum Gasteiger partial charge on any atom is -0.478 e. The molecule has 2 nitrogen and oxygen atoms in total. The third-order valence-corrected chi connectivity index (χ3v) is 2.56. The van der Waals surface area contributed by atoms with Gasteiger partial charge in [-0.1, -0.05) is 6.08 Å². The van der Waals surface area contributed by atoms with Crippen molar-refractivity contribution in [2.24, 2.45) is 0 Å². The summed E-state index contributed by atoms with van der Waals surface area (Å²) in [4.78, 5) is 1.92. The predicted octanol–water partition coefficient (Wildman–Crippen LogP) is 2.61. The van der Waals surface area contributed by atoms with Gasteiger partial charge in [0.25, 0.3) is 0 Å². The molecule has 88 valence electrons. The fraction of sp³-hybridized carbons (Fsp3) is 0.455. The zero-order valence-corrected chi connectivity index (χ0v) is 8.84. The Bertz CT molecular complexity index is 379. The zero-order chi connectivity index (χ0) is 11.8. The molecule has 16 heavy (non-hydrogen) atoms. The van der Waals surface area contributed by atoms with Crippen molar-refractivity contribution >= 4 is 0 Å². The number of nitrogens with zero attached hydrogens (tertiary/aromatic N) is 1. The van der Waals surface area contributed by atoms with Crippen molar-refractivity contribution in [3.63, 3.8) is 0 Å². The Kier molecular flexibility index (Phi) is 2.80. The van der Waals surface area contributed by atoms with Crippen LogP contribution in [0.2, 0.25) is 0 Å². The van der Waals surface area contributed by atoms with Crippen molar-refractivity contribution in [1.29, 1.82) is 0 Å². The molecule has 0 spiro atoms. The third kappa shape index (κ3) is 2.29. The molecule has 0 saturated carbocycles. The van der Waals surface area contributed by atoms with Gasteiger partial charge in [-0.2, -0.15) is 13.2 Å². The van der Waals surface area contributed by atoms with Crippen LogP contribution in [-0.2, 0) is 4.74 Å². The van der Waals surface area contributed by atoms with Crippen molar-refractivity contribution in [3.05, 3.63) is 35.1 Å². The molecular weight excluding hydrogens is 219 g/mol. The molecule has 0 aromatic rings. The van der Waals surface area contributed by atoms with E-state index in [9.17, 15) is 13.2 Å². The van der Waals surface area contributed by atoms with Crippen molar-refractivity contribution in [3.8, 4) is 0 Å². The Morgan fingerprint density at radius 1 is 1.31 bits per heavy atom. The largest absolute Gasteiger partial charge is 0.478 e. The minimum absolute atomic E-state index is 0.293. The van der Waals surface area contributed by atoms with E-state index in [0.29, 0.717) is 25.5 Å². The first kappa shape index (κ1) is 11.3. The molecule has 0 bridgehead atoms. The van der Waals surface area contributed by atoms with Gasteiger partial charge >= 0.3 is 6.18 Å². The summed E-state index contributed by atoms with van der Waals surface area (Å²) in [5.74, 6) is 0.577. The molecule has 0 amide bonds. The predicted molar refractivity (Wildman–Crippen MR) is 53.5 cm³/mol. The summed E-state index contributed by atoms with van der Waals surface area (Å²) in [5.41, 5.74) is 0.289. The van der Waals surface area contributed by atoms with Gasteiger partial charge in [0.1, 0.15) is 12.5 Å². The van der Waals surface area contributed by atoms with E-state index in [2.05, 4.69) is 0 Å². The lowest BCUT2D eigenvalue weighted by Crippen LogP contribution is -2.29. The second-order valence-corrected chi connectivity index (χ2v) is 3.95. The average molecular weight is 231 g/mol. The molecule has 0 aromatic carbocycles. The summed E-state index contributed by atoms with van der Waals surface area (Å²) in [7, 11) is 1.87. The maximum absolute atomic E-state index is 12.5. The summed E-state index contributed by atoms with van der Waals surface area (Å²) >= 11 is 0. The number of halogens is 3. The van der Waals surface area contributed by atoms with E-state index >= 15 is 0 Å². The second kappa shape index (κ2) is 3.97. The Balaban J connectivity index is 2.22. The van der Waals surface area contributed by atoms with Crippen LogP contribution in [0, 0.1) is 0 Å². The molecule has 1 aliphatic carbocycles. The van der Waals surface area contributed by atoms with E-state index < -0.39 is 11.7 Å². The van der Waals surface area contributed by atoms with Crippen LogP contribution in [0.5, 0.6) is 0 Å². The summed E-state index contributed by atoms with van der Waals surface area (Å²) in [5, 5.41) is 0. The number of likely N-dealkylation sites (N-methyl/N-ethyl adjacent to an activating group) is 1. The SMILES string of the molecule is CN1COC2=C(CC=C(C(F)(F)F)C=C2)C1. The van der Waals surface area contributed by atoms with Crippen molar-refractivity contribution < 1.29 is 17.9 Å². The summed E-state index contributed by atoms with van der Waals surface area (Å²) < 4.78 is 42.8. The van der Waals surface area contributed by atoms with Gasteiger partial charge in [0.15, 0.2) is 0 Å². The molecule has 0 N–H and O–H groups in total. The fourth-order valence-corrected chi connectivity index (χ4v) is 1.74. The first-order chi connectivity index (χ1) is 7.47. The standard InChI is InChI=1S/C11H12F3NO/c1-15-6-8-2-3-9(11(12,13)14)4-5-10(8)16-7-15/h3-5H,2,6-7H2,1H3. The zero-order valence-electron chi connectivity index (χ0n) is 8.84. The highest BCUT2D eigenvalue weighted by Crippen LogP contribution is 2.31. The van der Waals surface area contributed by atoms with Crippen LogP contribution in [0.1, 0.15) is 6.42 Å². The highest BCUT2D eigenvalue weighted by molar-refractivity contribution is 5.37. The van der Waals surface area contributed by atoms with Crippen LogP contribution in [-0.4, -0.2) is 31.4 Å². The monoisotopic (exact) mass is 231 g/mol. The number of allylic oxidation sites excluding steroid dienone is 4. The van der Waals surface area contributed by atoms with E-state index in [1.165, 1.54) is 12.2 Å². The summed E-state index contributed by atoms with van der Waals surface area (Å²) in [6.45, 7) is 1.08. The van der Waals surface area contributed by atoms with Crippen LogP contribution in [0.15, 0.2) is 35.1 Å². The molecule has 5 heteroatoms. The molecule has 0 radical (unpaired) electrons. The second-order valence-electron chi connectivity index (χ2n) is 3.95. The molecule has 0 fully saturated rings. The smallest absolute Gasteiger partial charge is 0.416 e. The fourth-order valence-electron chi connectivity index (χ4n) is 1.74. The van der Waals surface area contributed by atoms with Gasteiger partial charge in [-0.25, -0.2) is 0 Å². The molecule has 0 atom stereocenters. The lowest BCUT2D eigenvalue weighted by atomic mass is 10.1. The highest BCUT2D eigenvalue weighted by atomic mass is 19.4. The topological polar surface area (TPSA) is 12.5 Å². The molecule has 2 rings (SSSR count). The van der Waals surface area contributed by atoms with Crippen molar-refractivity contribution in [1.82, 2.24) is 4.90 Å². The number of ether oxygens (including phenoxy) is 1. The first-order valence-electron chi connectivity index (χ1n) is 4.95. The van der Waals surface area contributed by atoms with Crippen LogP contribution < -0.4 is 0 Å². The van der Waals surface area contributed by atoms with Gasteiger partial charge in [0, 0.05) is 6.54 Å². The van der Waals surface area contributed by atoms with E-state index in [-0.39, 0.29) is 0 Å². The van der Waals surface area contributed by atoms with Gasteiger partial charge < -0.3 is 4.74 Å². The van der Waals surface area contributed by atoms with Crippen LogP contribution in [0.25, 0.3) is 0 Å². The van der Waals surface area contributed by atoms with Gasteiger partial charge in [-0.05, 0) is 31.2 Å². The molecule has 0 aromatic heterocycles. The molecule has 2 aliphatic rings. The van der Waals surface area contributed by atoms with E-state index in [4.69, 9.17) is 4.74 Å². The molecular formula is C11H12F3NO.